The molecule has 3 N–H and O–H groups in total. The van der Waals surface area contributed by atoms with E-state index in [-0.39, 0.29) is 11.5 Å². The highest BCUT2D eigenvalue weighted by Crippen LogP contribution is 2.23. The van der Waals surface area contributed by atoms with Gasteiger partial charge < -0.3 is 15.5 Å². The number of phenols is 2. The minimum absolute atomic E-state index is 0.0727. The van der Waals surface area contributed by atoms with E-state index in [0.717, 1.165) is 17.7 Å². The molecule has 0 aliphatic carbocycles. The Balaban J connectivity index is 2.02. The molecule has 2 aromatic rings. The molecule has 0 heterocycles. The van der Waals surface area contributed by atoms with Crippen molar-refractivity contribution in [2.45, 2.75) is 19.9 Å². The van der Waals surface area contributed by atoms with Crippen LogP contribution in [0, 0.1) is 0 Å². The fourth-order valence-corrected chi connectivity index (χ4v) is 1.76. The van der Waals surface area contributed by atoms with E-state index in [0.29, 0.717) is 6.54 Å². The highest BCUT2D eigenvalue weighted by atomic mass is 16.3. The third-order valence-corrected chi connectivity index (χ3v) is 2.91. The average Bonchev–Trinajstić information content (AvgIpc) is 2.38. The van der Waals surface area contributed by atoms with Crippen LogP contribution in [0.5, 0.6) is 11.5 Å². The first-order chi connectivity index (χ1) is 8.69. The molecule has 0 aliphatic rings. The first kappa shape index (κ1) is 12.3. The van der Waals surface area contributed by atoms with Crippen molar-refractivity contribution in [2.24, 2.45) is 0 Å². The van der Waals surface area contributed by atoms with Gasteiger partial charge in [-0.2, -0.15) is 0 Å². The molecule has 0 radical (unpaired) electrons. The van der Waals surface area contributed by atoms with Crippen LogP contribution in [0.25, 0.3) is 0 Å². The molecule has 0 amide bonds. The van der Waals surface area contributed by atoms with E-state index in [9.17, 15) is 10.2 Å². The van der Waals surface area contributed by atoms with Crippen molar-refractivity contribution in [1.29, 1.82) is 0 Å². The van der Waals surface area contributed by atoms with E-state index in [1.807, 2.05) is 12.1 Å². The van der Waals surface area contributed by atoms with Crippen LogP contribution in [0.4, 0.5) is 5.69 Å². The summed E-state index contributed by atoms with van der Waals surface area (Å²) in [7, 11) is 0. The average molecular weight is 243 g/mol. The number of aryl methyl sites for hydroxylation is 1. The number of anilines is 1. The topological polar surface area (TPSA) is 52.5 Å². The smallest absolute Gasteiger partial charge is 0.124 e. The van der Waals surface area contributed by atoms with Gasteiger partial charge in [-0.05, 0) is 36.2 Å². The molecule has 0 spiro atoms. The normalized spacial score (nSPS) is 10.3. The summed E-state index contributed by atoms with van der Waals surface area (Å²) in [5.74, 6) is 0.177. The van der Waals surface area contributed by atoms with Crippen molar-refractivity contribution < 1.29 is 10.2 Å². The first-order valence-corrected chi connectivity index (χ1v) is 6.02. The van der Waals surface area contributed by atoms with Gasteiger partial charge in [-0.15, -0.1) is 0 Å². The zero-order valence-corrected chi connectivity index (χ0v) is 10.4. The van der Waals surface area contributed by atoms with Crippen molar-refractivity contribution >= 4 is 5.69 Å². The fraction of sp³-hybridized carbons (Fsp3) is 0.200. The van der Waals surface area contributed by atoms with Gasteiger partial charge in [-0.3, -0.25) is 0 Å². The molecule has 2 aromatic carbocycles. The van der Waals surface area contributed by atoms with Crippen LogP contribution < -0.4 is 5.32 Å². The summed E-state index contributed by atoms with van der Waals surface area (Å²) in [5, 5.41) is 22.1. The van der Waals surface area contributed by atoms with Crippen LogP contribution in [0.15, 0.2) is 42.5 Å². The summed E-state index contributed by atoms with van der Waals surface area (Å²) in [6.45, 7) is 2.65. The minimum Gasteiger partial charge on any atom is -0.508 e. The summed E-state index contributed by atoms with van der Waals surface area (Å²) in [4.78, 5) is 0. The predicted molar refractivity (Wildman–Crippen MR) is 72.9 cm³/mol. The quantitative estimate of drug-likeness (QED) is 0.772. The van der Waals surface area contributed by atoms with Crippen LogP contribution in [0.3, 0.4) is 0 Å². The molecule has 3 heteroatoms. The molecular formula is C15H17NO2. The second-order valence-electron chi connectivity index (χ2n) is 4.22. The van der Waals surface area contributed by atoms with Gasteiger partial charge in [0.15, 0.2) is 0 Å². The number of rotatable bonds is 4. The van der Waals surface area contributed by atoms with Gasteiger partial charge >= 0.3 is 0 Å². The summed E-state index contributed by atoms with van der Waals surface area (Å²) in [6.07, 6.45) is 1.03. The van der Waals surface area contributed by atoms with Crippen molar-refractivity contribution in [3.63, 3.8) is 0 Å². The Morgan fingerprint density at radius 1 is 1.00 bits per heavy atom. The predicted octanol–water partition coefficient (Wildman–Crippen LogP) is 3.27. The van der Waals surface area contributed by atoms with Crippen LogP contribution in [-0.2, 0) is 13.0 Å². The van der Waals surface area contributed by atoms with Crippen LogP contribution in [-0.4, -0.2) is 10.2 Å². The van der Waals surface area contributed by atoms with Crippen LogP contribution in [0.2, 0.25) is 0 Å². The van der Waals surface area contributed by atoms with E-state index >= 15 is 0 Å². The summed E-state index contributed by atoms with van der Waals surface area (Å²) in [5.41, 5.74) is 3.07. The lowest BCUT2D eigenvalue weighted by Gasteiger charge is -2.09. The molecule has 3 nitrogen and oxygen atoms in total. The maximum Gasteiger partial charge on any atom is 0.124 e. The molecule has 0 unspecified atom stereocenters. The molecule has 0 bridgehead atoms. The lowest BCUT2D eigenvalue weighted by atomic mass is 10.1. The Labute approximate surface area is 107 Å². The molecular weight excluding hydrogens is 226 g/mol. The van der Waals surface area contributed by atoms with E-state index in [4.69, 9.17) is 0 Å². The standard InChI is InChI=1S/C15H17NO2/c1-2-11-3-6-13(7-4-11)16-10-12-5-8-14(17)9-15(12)18/h3-9,16-18H,2,10H2,1H3. The van der Waals surface area contributed by atoms with E-state index in [2.05, 4.69) is 24.4 Å². The maximum atomic E-state index is 9.65. The number of benzene rings is 2. The van der Waals surface area contributed by atoms with E-state index < -0.39 is 0 Å². The van der Waals surface area contributed by atoms with Crippen molar-refractivity contribution in [2.75, 3.05) is 5.32 Å². The Morgan fingerprint density at radius 2 is 1.72 bits per heavy atom. The Hall–Kier alpha value is -2.16. The van der Waals surface area contributed by atoms with E-state index in [1.165, 1.54) is 11.6 Å². The lowest BCUT2D eigenvalue weighted by Crippen LogP contribution is -1.99. The number of hydrogen-bond donors (Lipinski definition) is 3. The Morgan fingerprint density at radius 3 is 2.33 bits per heavy atom. The first-order valence-electron chi connectivity index (χ1n) is 6.02. The maximum absolute atomic E-state index is 9.65. The highest BCUT2D eigenvalue weighted by Gasteiger charge is 2.02. The molecule has 0 aliphatic heterocycles. The Bertz CT molecular complexity index is 521. The number of aromatic hydroxyl groups is 2. The number of nitrogens with one attached hydrogen (secondary N) is 1. The van der Waals surface area contributed by atoms with Gasteiger partial charge in [0.05, 0.1) is 0 Å². The molecule has 94 valence electrons. The third kappa shape index (κ3) is 2.94. The molecule has 0 aromatic heterocycles. The van der Waals surface area contributed by atoms with Gasteiger partial charge in [-0.1, -0.05) is 19.1 Å². The molecule has 0 saturated heterocycles. The molecule has 0 saturated carbocycles. The summed E-state index contributed by atoms with van der Waals surface area (Å²) < 4.78 is 0. The zero-order valence-electron chi connectivity index (χ0n) is 10.4. The number of phenolic OH excluding ortho intramolecular Hbond substituents is 2. The lowest BCUT2D eigenvalue weighted by molar-refractivity contribution is 0.446. The largest absolute Gasteiger partial charge is 0.508 e. The van der Waals surface area contributed by atoms with Crippen molar-refractivity contribution in [3.8, 4) is 11.5 Å². The molecule has 18 heavy (non-hydrogen) atoms. The SMILES string of the molecule is CCc1ccc(NCc2ccc(O)cc2O)cc1. The van der Waals surface area contributed by atoms with Gasteiger partial charge in [-0.25, -0.2) is 0 Å². The Kier molecular flexibility index (Phi) is 3.72. The highest BCUT2D eigenvalue weighted by molar-refractivity contribution is 5.47. The summed E-state index contributed by atoms with van der Waals surface area (Å²) in [6, 6.07) is 12.8. The second kappa shape index (κ2) is 5.45. The molecule has 0 atom stereocenters. The molecule has 0 fully saturated rings. The fourth-order valence-electron chi connectivity index (χ4n) is 1.76. The van der Waals surface area contributed by atoms with Gasteiger partial charge in [0.25, 0.3) is 0 Å². The third-order valence-electron chi connectivity index (χ3n) is 2.91. The van der Waals surface area contributed by atoms with Crippen molar-refractivity contribution in [1.82, 2.24) is 0 Å². The van der Waals surface area contributed by atoms with E-state index in [1.54, 1.807) is 12.1 Å². The van der Waals surface area contributed by atoms with Gasteiger partial charge in [0.2, 0.25) is 0 Å². The zero-order chi connectivity index (χ0) is 13.0. The monoisotopic (exact) mass is 243 g/mol. The minimum atomic E-state index is 0.0727. The van der Waals surface area contributed by atoms with Crippen LogP contribution in [0.1, 0.15) is 18.1 Å². The summed E-state index contributed by atoms with van der Waals surface area (Å²) >= 11 is 0. The molecule has 2 rings (SSSR count). The van der Waals surface area contributed by atoms with Gasteiger partial charge in [0, 0.05) is 23.9 Å². The second-order valence-corrected chi connectivity index (χ2v) is 4.22. The van der Waals surface area contributed by atoms with Gasteiger partial charge in [0.1, 0.15) is 11.5 Å². The van der Waals surface area contributed by atoms with Crippen LogP contribution >= 0.6 is 0 Å². The van der Waals surface area contributed by atoms with Crippen molar-refractivity contribution in [3.05, 3.63) is 53.6 Å². The number of hydrogen-bond acceptors (Lipinski definition) is 3.